The Kier molecular flexibility index (Phi) is 4.67. The molecular formula is C24H20N6O2. The lowest BCUT2D eigenvalue weighted by Gasteiger charge is -2.14. The SMILES string of the molecule is Cc1c(NC(=O)c2n[nH]c3ccccc23)ccc(NC(=O)c2n[nH]c3ccccc23)c1C. The van der Waals surface area contributed by atoms with E-state index in [1.807, 2.05) is 62.4 Å². The van der Waals surface area contributed by atoms with Crippen molar-refractivity contribution < 1.29 is 9.59 Å². The third-order valence-corrected chi connectivity index (χ3v) is 5.65. The molecule has 0 unspecified atom stereocenters. The molecule has 0 saturated carbocycles. The molecule has 0 aliphatic carbocycles. The molecule has 3 aromatic carbocycles. The molecule has 5 aromatic rings. The van der Waals surface area contributed by atoms with Crippen LogP contribution in [0, 0.1) is 13.8 Å². The highest BCUT2D eigenvalue weighted by atomic mass is 16.2. The summed E-state index contributed by atoms with van der Waals surface area (Å²) in [7, 11) is 0. The van der Waals surface area contributed by atoms with Crippen LogP contribution in [0.15, 0.2) is 60.7 Å². The highest BCUT2D eigenvalue weighted by Crippen LogP contribution is 2.27. The molecule has 0 aliphatic rings. The van der Waals surface area contributed by atoms with Gasteiger partial charge in [-0.2, -0.15) is 10.2 Å². The standard InChI is InChI=1S/C24H20N6O2/c1-13-14(2)18(26-24(32)22-16-8-4-6-10-20(16)28-30-22)12-11-17(13)25-23(31)21-15-7-3-5-9-19(15)27-29-21/h3-12H,1-2H3,(H,25,31)(H,26,32)(H,27,29)(H,28,30). The third kappa shape index (κ3) is 3.27. The number of anilines is 2. The summed E-state index contributed by atoms with van der Waals surface area (Å²) in [6.45, 7) is 3.79. The fourth-order valence-electron chi connectivity index (χ4n) is 3.73. The number of hydrogen-bond acceptors (Lipinski definition) is 4. The van der Waals surface area contributed by atoms with Crippen molar-refractivity contribution in [2.45, 2.75) is 13.8 Å². The van der Waals surface area contributed by atoms with Gasteiger partial charge in [0, 0.05) is 22.1 Å². The van der Waals surface area contributed by atoms with E-state index in [0.717, 1.165) is 32.9 Å². The number of hydrogen-bond donors (Lipinski definition) is 4. The lowest BCUT2D eigenvalue weighted by molar-refractivity contribution is 0.101. The number of H-pyrrole nitrogens is 2. The number of aromatic amines is 2. The lowest BCUT2D eigenvalue weighted by atomic mass is 10.0. The normalized spacial score (nSPS) is 11.1. The van der Waals surface area contributed by atoms with Crippen molar-refractivity contribution in [3.05, 3.63) is 83.2 Å². The largest absolute Gasteiger partial charge is 0.320 e. The van der Waals surface area contributed by atoms with Crippen LogP contribution in [0.4, 0.5) is 11.4 Å². The molecule has 2 aromatic heterocycles. The van der Waals surface area contributed by atoms with Crippen molar-refractivity contribution in [3.8, 4) is 0 Å². The number of amides is 2. The Morgan fingerprint density at radius 2 is 1.06 bits per heavy atom. The predicted octanol–water partition coefficient (Wildman–Crippen LogP) is 4.56. The van der Waals surface area contributed by atoms with Crippen LogP contribution in [0.25, 0.3) is 21.8 Å². The highest BCUT2D eigenvalue weighted by molar-refractivity contribution is 6.13. The van der Waals surface area contributed by atoms with E-state index in [9.17, 15) is 9.59 Å². The molecule has 8 heteroatoms. The first kappa shape index (κ1) is 19.5. The van der Waals surface area contributed by atoms with E-state index < -0.39 is 0 Å². The van der Waals surface area contributed by atoms with Gasteiger partial charge in [0.05, 0.1) is 11.0 Å². The van der Waals surface area contributed by atoms with Gasteiger partial charge < -0.3 is 10.6 Å². The van der Waals surface area contributed by atoms with Crippen LogP contribution in [0.1, 0.15) is 32.1 Å². The molecule has 5 rings (SSSR count). The molecule has 0 spiro atoms. The summed E-state index contributed by atoms with van der Waals surface area (Å²) in [6.07, 6.45) is 0. The maximum atomic E-state index is 12.8. The van der Waals surface area contributed by atoms with Crippen molar-refractivity contribution in [1.29, 1.82) is 0 Å². The Bertz CT molecular complexity index is 1380. The second-order valence-electron chi connectivity index (χ2n) is 7.55. The van der Waals surface area contributed by atoms with Gasteiger partial charge in [-0.25, -0.2) is 0 Å². The zero-order valence-corrected chi connectivity index (χ0v) is 17.5. The molecule has 0 fully saturated rings. The Hall–Kier alpha value is -4.46. The molecule has 158 valence electrons. The van der Waals surface area contributed by atoms with Gasteiger partial charge in [0.2, 0.25) is 0 Å². The maximum absolute atomic E-state index is 12.8. The predicted molar refractivity (Wildman–Crippen MR) is 124 cm³/mol. The summed E-state index contributed by atoms with van der Waals surface area (Å²) < 4.78 is 0. The van der Waals surface area contributed by atoms with Gasteiger partial charge in [0.25, 0.3) is 11.8 Å². The molecule has 0 atom stereocenters. The number of benzene rings is 3. The van der Waals surface area contributed by atoms with E-state index in [-0.39, 0.29) is 11.8 Å². The zero-order chi connectivity index (χ0) is 22.2. The third-order valence-electron chi connectivity index (χ3n) is 5.65. The number of aromatic nitrogens is 4. The number of fused-ring (bicyclic) bond motifs is 2. The molecule has 4 N–H and O–H groups in total. The van der Waals surface area contributed by atoms with Crippen LogP contribution < -0.4 is 10.6 Å². The van der Waals surface area contributed by atoms with Crippen molar-refractivity contribution in [2.75, 3.05) is 10.6 Å². The topological polar surface area (TPSA) is 116 Å². The number of nitrogens with one attached hydrogen (secondary N) is 4. The van der Waals surface area contributed by atoms with E-state index in [1.165, 1.54) is 0 Å². The summed E-state index contributed by atoms with van der Waals surface area (Å²) in [5.41, 5.74) is 5.28. The summed E-state index contributed by atoms with van der Waals surface area (Å²) >= 11 is 0. The number of carbonyl (C=O) groups is 2. The van der Waals surface area contributed by atoms with Crippen molar-refractivity contribution in [2.24, 2.45) is 0 Å². The summed E-state index contributed by atoms with van der Waals surface area (Å²) in [6, 6.07) is 18.5. The fraction of sp³-hybridized carbons (Fsp3) is 0.0833. The van der Waals surface area contributed by atoms with Crippen LogP contribution in [-0.4, -0.2) is 32.2 Å². The van der Waals surface area contributed by atoms with E-state index in [4.69, 9.17) is 0 Å². The first-order chi connectivity index (χ1) is 15.5. The van der Waals surface area contributed by atoms with Crippen LogP contribution >= 0.6 is 0 Å². The average molecular weight is 424 g/mol. The van der Waals surface area contributed by atoms with Crippen LogP contribution in [0.2, 0.25) is 0 Å². The Balaban J connectivity index is 1.38. The molecule has 0 radical (unpaired) electrons. The molecule has 8 nitrogen and oxygen atoms in total. The number of nitrogens with zero attached hydrogens (tertiary/aromatic N) is 2. The van der Waals surface area contributed by atoms with Gasteiger partial charge in [-0.05, 0) is 49.2 Å². The Labute approximate surface area is 183 Å². The van der Waals surface area contributed by atoms with Gasteiger partial charge in [-0.3, -0.25) is 19.8 Å². The van der Waals surface area contributed by atoms with Gasteiger partial charge in [0.1, 0.15) is 0 Å². The Morgan fingerprint density at radius 1 is 0.656 bits per heavy atom. The highest BCUT2D eigenvalue weighted by Gasteiger charge is 2.18. The monoisotopic (exact) mass is 424 g/mol. The zero-order valence-electron chi connectivity index (χ0n) is 17.5. The van der Waals surface area contributed by atoms with Crippen molar-refractivity contribution in [3.63, 3.8) is 0 Å². The van der Waals surface area contributed by atoms with Crippen LogP contribution in [0.5, 0.6) is 0 Å². The summed E-state index contributed by atoms with van der Waals surface area (Å²) in [4.78, 5) is 25.6. The van der Waals surface area contributed by atoms with Gasteiger partial charge in [0.15, 0.2) is 11.4 Å². The summed E-state index contributed by atoms with van der Waals surface area (Å²) in [5.74, 6) is -0.602. The molecule has 2 heterocycles. The average Bonchev–Trinajstić information content (AvgIpc) is 3.43. The second kappa shape index (κ2) is 7.66. The van der Waals surface area contributed by atoms with Crippen molar-refractivity contribution in [1.82, 2.24) is 20.4 Å². The number of carbonyl (C=O) groups excluding carboxylic acids is 2. The first-order valence-corrected chi connectivity index (χ1v) is 10.1. The quantitative estimate of drug-likeness (QED) is 0.338. The molecule has 2 amide bonds. The van der Waals surface area contributed by atoms with Crippen molar-refractivity contribution >= 4 is 45.0 Å². The molecular weight excluding hydrogens is 404 g/mol. The van der Waals surface area contributed by atoms with Gasteiger partial charge in [-0.1, -0.05) is 36.4 Å². The first-order valence-electron chi connectivity index (χ1n) is 10.1. The van der Waals surface area contributed by atoms with Gasteiger partial charge >= 0.3 is 0 Å². The fourth-order valence-corrected chi connectivity index (χ4v) is 3.73. The number of para-hydroxylation sites is 2. The van der Waals surface area contributed by atoms with Gasteiger partial charge in [-0.15, -0.1) is 0 Å². The van der Waals surface area contributed by atoms with E-state index in [2.05, 4.69) is 31.0 Å². The van der Waals surface area contributed by atoms with Crippen LogP contribution in [-0.2, 0) is 0 Å². The van der Waals surface area contributed by atoms with E-state index in [1.54, 1.807) is 12.1 Å². The minimum atomic E-state index is -0.301. The lowest BCUT2D eigenvalue weighted by Crippen LogP contribution is -2.16. The van der Waals surface area contributed by atoms with E-state index in [0.29, 0.717) is 22.8 Å². The molecule has 32 heavy (non-hydrogen) atoms. The second-order valence-corrected chi connectivity index (χ2v) is 7.55. The smallest absolute Gasteiger partial charge is 0.276 e. The Morgan fingerprint density at radius 3 is 1.50 bits per heavy atom. The number of rotatable bonds is 4. The minimum absolute atomic E-state index is 0.301. The van der Waals surface area contributed by atoms with Crippen LogP contribution in [0.3, 0.4) is 0 Å². The summed E-state index contributed by atoms with van der Waals surface area (Å²) in [5, 5.41) is 21.4. The molecule has 0 saturated heterocycles. The minimum Gasteiger partial charge on any atom is -0.320 e. The van der Waals surface area contributed by atoms with E-state index >= 15 is 0 Å². The maximum Gasteiger partial charge on any atom is 0.276 e. The molecule has 0 aliphatic heterocycles. The molecule has 0 bridgehead atoms.